The average Bonchev–Trinajstić information content (AvgIpc) is 2.83. The van der Waals surface area contributed by atoms with Crippen molar-refractivity contribution in [2.45, 2.75) is 5.03 Å². The zero-order valence-corrected chi connectivity index (χ0v) is 9.94. The molecule has 0 saturated carbocycles. The van der Waals surface area contributed by atoms with E-state index in [4.69, 9.17) is 5.73 Å². The molecule has 2 rings (SSSR count). The van der Waals surface area contributed by atoms with E-state index in [9.17, 15) is 13.2 Å². The number of anilines is 1. The second-order valence-electron chi connectivity index (χ2n) is 3.46. The van der Waals surface area contributed by atoms with Crippen molar-refractivity contribution in [3.05, 3.63) is 42.4 Å². The maximum absolute atomic E-state index is 11.8. The Labute approximate surface area is 103 Å². The lowest BCUT2D eigenvalue weighted by molar-refractivity contribution is 0.100. The first-order chi connectivity index (χ1) is 8.49. The fourth-order valence-electron chi connectivity index (χ4n) is 1.30. The van der Waals surface area contributed by atoms with Gasteiger partial charge in [0.15, 0.2) is 5.03 Å². The van der Waals surface area contributed by atoms with Crippen LogP contribution >= 0.6 is 0 Å². The molecule has 94 valence electrons. The highest BCUT2D eigenvalue weighted by atomic mass is 32.2. The summed E-state index contributed by atoms with van der Waals surface area (Å²) in [5, 5.41) is -0.0403. The van der Waals surface area contributed by atoms with Crippen LogP contribution in [0.1, 0.15) is 10.4 Å². The van der Waals surface area contributed by atoms with Crippen LogP contribution in [0.25, 0.3) is 0 Å². The summed E-state index contributed by atoms with van der Waals surface area (Å²) in [6, 6.07) is 5.78. The van der Waals surface area contributed by atoms with Crippen molar-refractivity contribution in [2.75, 3.05) is 4.72 Å². The highest BCUT2D eigenvalue weighted by molar-refractivity contribution is 7.92. The SMILES string of the molecule is NC(=O)c1ccc(NS(=O)(=O)c2cnc[nH]2)cc1. The summed E-state index contributed by atoms with van der Waals surface area (Å²) in [6.07, 6.45) is 2.46. The van der Waals surface area contributed by atoms with Crippen LogP contribution in [0.15, 0.2) is 41.8 Å². The number of benzene rings is 1. The number of nitrogens with two attached hydrogens (primary N) is 1. The molecular weight excluding hydrogens is 256 g/mol. The van der Waals surface area contributed by atoms with E-state index in [0.29, 0.717) is 11.3 Å². The largest absolute Gasteiger partial charge is 0.366 e. The van der Waals surface area contributed by atoms with Gasteiger partial charge in [0.1, 0.15) is 0 Å². The van der Waals surface area contributed by atoms with Gasteiger partial charge in [-0.3, -0.25) is 9.52 Å². The Morgan fingerprint density at radius 2 is 1.94 bits per heavy atom. The van der Waals surface area contributed by atoms with E-state index in [1.54, 1.807) is 0 Å². The maximum atomic E-state index is 11.8. The molecule has 18 heavy (non-hydrogen) atoms. The number of amides is 1. The van der Waals surface area contributed by atoms with Gasteiger partial charge in [-0.15, -0.1) is 0 Å². The van der Waals surface area contributed by atoms with E-state index < -0.39 is 15.9 Å². The second kappa shape index (κ2) is 4.49. The summed E-state index contributed by atoms with van der Waals surface area (Å²) in [4.78, 5) is 17.0. The number of rotatable bonds is 4. The summed E-state index contributed by atoms with van der Waals surface area (Å²) >= 11 is 0. The Morgan fingerprint density at radius 1 is 1.28 bits per heavy atom. The Bertz CT molecular complexity index is 647. The molecule has 0 atom stereocenters. The van der Waals surface area contributed by atoms with Crippen molar-refractivity contribution >= 4 is 21.6 Å². The molecule has 0 spiro atoms. The Kier molecular flexibility index (Phi) is 3.02. The predicted molar refractivity (Wildman–Crippen MR) is 64.4 cm³/mol. The van der Waals surface area contributed by atoms with Gasteiger partial charge in [-0.25, -0.2) is 4.98 Å². The molecule has 2 aromatic rings. The zero-order valence-electron chi connectivity index (χ0n) is 9.12. The minimum absolute atomic E-state index is 0.0403. The van der Waals surface area contributed by atoms with E-state index in [0.717, 1.165) is 0 Å². The predicted octanol–water partition coefficient (Wildman–Crippen LogP) is 0.309. The molecule has 7 nitrogen and oxygen atoms in total. The number of primary amides is 1. The van der Waals surface area contributed by atoms with Crippen LogP contribution in [0, 0.1) is 0 Å². The van der Waals surface area contributed by atoms with Gasteiger partial charge in [0, 0.05) is 11.3 Å². The highest BCUT2D eigenvalue weighted by Gasteiger charge is 2.15. The normalized spacial score (nSPS) is 11.1. The monoisotopic (exact) mass is 266 g/mol. The molecule has 8 heteroatoms. The molecule has 0 aliphatic carbocycles. The van der Waals surface area contributed by atoms with Gasteiger partial charge in [-0.2, -0.15) is 8.42 Å². The third-order valence-corrected chi connectivity index (χ3v) is 3.49. The molecule has 1 amide bonds. The molecule has 0 aliphatic heterocycles. The summed E-state index contributed by atoms with van der Waals surface area (Å²) < 4.78 is 26.0. The van der Waals surface area contributed by atoms with E-state index >= 15 is 0 Å². The third kappa shape index (κ3) is 2.48. The lowest BCUT2D eigenvalue weighted by atomic mass is 10.2. The first kappa shape index (κ1) is 12.1. The number of hydrogen-bond acceptors (Lipinski definition) is 4. The van der Waals surface area contributed by atoms with Crippen molar-refractivity contribution in [1.82, 2.24) is 9.97 Å². The average molecular weight is 266 g/mol. The molecular formula is C10H10N4O3S. The zero-order chi connectivity index (χ0) is 13.2. The number of nitrogens with zero attached hydrogens (tertiary/aromatic N) is 1. The molecule has 0 fully saturated rings. The molecule has 0 bridgehead atoms. The molecule has 0 saturated heterocycles. The smallest absolute Gasteiger partial charge is 0.278 e. The molecule has 0 unspecified atom stereocenters. The fraction of sp³-hybridized carbons (Fsp3) is 0. The van der Waals surface area contributed by atoms with Crippen molar-refractivity contribution in [3.63, 3.8) is 0 Å². The van der Waals surface area contributed by atoms with Gasteiger partial charge >= 0.3 is 0 Å². The van der Waals surface area contributed by atoms with Crippen LogP contribution in [-0.4, -0.2) is 24.3 Å². The second-order valence-corrected chi connectivity index (χ2v) is 5.11. The number of carbonyl (C=O) groups is 1. The molecule has 4 N–H and O–H groups in total. The molecule has 1 heterocycles. The minimum Gasteiger partial charge on any atom is -0.366 e. The van der Waals surface area contributed by atoms with Crippen LogP contribution in [0.2, 0.25) is 0 Å². The molecule has 1 aromatic heterocycles. The van der Waals surface area contributed by atoms with Crippen molar-refractivity contribution in [1.29, 1.82) is 0 Å². The topological polar surface area (TPSA) is 118 Å². The number of imidazole rings is 1. The molecule has 0 aliphatic rings. The van der Waals surface area contributed by atoms with Crippen LogP contribution in [0.5, 0.6) is 0 Å². The number of hydrogen-bond donors (Lipinski definition) is 3. The quantitative estimate of drug-likeness (QED) is 0.737. The molecule has 0 radical (unpaired) electrons. The van der Waals surface area contributed by atoms with E-state index in [1.807, 2.05) is 0 Å². The Hall–Kier alpha value is -2.35. The van der Waals surface area contributed by atoms with Gasteiger partial charge in [-0.05, 0) is 24.3 Å². The fourth-order valence-corrected chi connectivity index (χ4v) is 2.27. The Morgan fingerprint density at radius 3 is 2.44 bits per heavy atom. The van der Waals surface area contributed by atoms with Crippen LogP contribution < -0.4 is 10.5 Å². The van der Waals surface area contributed by atoms with Gasteiger partial charge < -0.3 is 10.7 Å². The summed E-state index contributed by atoms with van der Waals surface area (Å²) in [5.74, 6) is -0.571. The van der Waals surface area contributed by atoms with Crippen LogP contribution in [0.4, 0.5) is 5.69 Å². The Balaban J connectivity index is 2.22. The summed E-state index contributed by atoms with van der Waals surface area (Å²) in [6.45, 7) is 0. The van der Waals surface area contributed by atoms with Crippen LogP contribution in [0.3, 0.4) is 0 Å². The number of aromatic nitrogens is 2. The van der Waals surface area contributed by atoms with Crippen molar-refractivity contribution in [2.24, 2.45) is 5.73 Å². The standard InChI is InChI=1S/C10H10N4O3S/c11-10(15)7-1-3-8(4-2-7)14-18(16,17)9-5-12-6-13-9/h1-6,14H,(H2,11,15)(H,12,13). The van der Waals surface area contributed by atoms with Crippen molar-refractivity contribution in [3.8, 4) is 0 Å². The molecule has 1 aromatic carbocycles. The lowest BCUT2D eigenvalue weighted by Gasteiger charge is -2.06. The van der Waals surface area contributed by atoms with Gasteiger partial charge in [0.25, 0.3) is 10.0 Å². The van der Waals surface area contributed by atoms with Gasteiger partial charge in [0.2, 0.25) is 5.91 Å². The maximum Gasteiger partial charge on any atom is 0.278 e. The van der Waals surface area contributed by atoms with Crippen LogP contribution in [-0.2, 0) is 10.0 Å². The van der Waals surface area contributed by atoms with Gasteiger partial charge in [0.05, 0.1) is 12.5 Å². The van der Waals surface area contributed by atoms with E-state index in [1.165, 1.54) is 36.8 Å². The first-order valence-electron chi connectivity index (χ1n) is 4.90. The van der Waals surface area contributed by atoms with Gasteiger partial charge in [-0.1, -0.05) is 0 Å². The third-order valence-electron chi connectivity index (χ3n) is 2.18. The van der Waals surface area contributed by atoms with E-state index in [-0.39, 0.29) is 5.03 Å². The van der Waals surface area contributed by atoms with E-state index in [2.05, 4.69) is 14.7 Å². The van der Waals surface area contributed by atoms with Crippen molar-refractivity contribution < 1.29 is 13.2 Å². The number of nitrogens with one attached hydrogen (secondary N) is 2. The highest BCUT2D eigenvalue weighted by Crippen LogP contribution is 2.14. The number of H-pyrrole nitrogens is 1. The summed E-state index contributed by atoms with van der Waals surface area (Å²) in [7, 11) is -3.69. The lowest BCUT2D eigenvalue weighted by Crippen LogP contribution is -2.14. The minimum atomic E-state index is -3.69. The first-order valence-corrected chi connectivity index (χ1v) is 6.38. The summed E-state index contributed by atoms with van der Waals surface area (Å²) in [5.41, 5.74) is 5.71. The number of aromatic amines is 1. The number of sulfonamides is 1. The number of carbonyl (C=O) groups excluding carboxylic acids is 1.